The number of fused-ring (bicyclic) bond motifs is 1. The smallest absolute Gasteiger partial charge is 0.273 e. The molecule has 22 heavy (non-hydrogen) atoms. The van der Waals surface area contributed by atoms with Crippen LogP contribution in [0.1, 0.15) is 23.0 Å². The van der Waals surface area contributed by atoms with E-state index in [-0.39, 0.29) is 30.0 Å². The number of anilines is 1. The first-order valence-electron chi connectivity index (χ1n) is 7.20. The fourth-order valence-corrected chi connectivity index (χ4v) is 2.54. The largest absolute Gasteiger partial charge is 0.368 e. The molecule has 7 nitrogen and oxygen atoms in total. The Hall–Kier alpha value is -2.70. The van der Waals surface area contributed by atoms with Crippen molar-refractivity contribution < 1.29 is 9.59 Å². The van der Waals surface area contributed by atoms with Crippen molar-refractivity contribution in [1.82, 2.24) is 20.2 Å². The van der Waals surface area contributed by atoms with Gasteiger partial charge in [-0.3, -0.25) is 9.59 Å². The molecular formula is C15H17N5O2. The Morgan fingerprint density at radius 1 is 1.41 bits per heavy atom. The quantitative estimate of drug-likeness (QED) is 0.833. The van der Waals surface area contributed by atoms with Crippen LogP contribution in [-0.4, -0.2) is 46.3 Å². The average molecular weight is 299 g/mol. The third kappa shape index (κ3) is 2.57. The lowest BCUT2D eigenvalue weighted by Gasteiger charge is -2.26. The van der Waals surface area contributed by atoms with E-state index < -0.39 is 0 Å². The van der Waals surface area contributed by atoms with Crippen molar-refractivity contribution in [3.63, 3.8) is 0 Å². The molecule has 0 radical (unpaired) electrons. The second-order valence-electron chi connectivity index (χ2n) is 5.21. The highest BCUT2D eigenvalue weighted by Crippen LogP contribution is 2.20. The molecule has 0 atom stereocenters. The predicted octanol–water partition coefficient (Wildman–Crippen LogP) is 0.346. The molecule has 0 unspecified atom stereocenters. The molecule has 114 valence electrons. The van der Waals surface area contributed by atoms with Gasteiger partial charge in [0.1, 0.15) is 5.69 Å². The van der Waals surface area contributed by atoms with Gasteiger partial charge in [-0.15, -0.1) is 0 Å². The highest BCUT2D eigenvalue weighted by molar-refractivity contribution is 6.06. The van der Waals surface area contributed by atoms with Crippen LogP contribution < -0.4 is 11.1 Å². The summed E-state index contributed by atoms with van der Waals surface area (Å²) in [5, 5.41) is 3.37. The van der Waals surface area contributed by atoms with Crippen molar-refractivity contribution in [2.24, 2.45) is 0 Å². The molecule has 2 heterocycles. The van der Waals surface area contributed by atoms with Gasteiger partial charge in [-0.2, -0.15) is 0 Å². The van der Waals surface area contributed by atoms with Gasteiger partial charge in [0.2, 0.25) is 11.9 Å². The number of hydrogen-bond donors (Lipinski definition) is 2. The van der Waals surface area contributed by atoms with Gasteiger partial charge >= 0.3 is 0 Å². The summed E-state index contributed by atoms with van der Waals surface area (Å²) in [5.74, 6) is -0.399. The number of benzene rings is 1. The summed E-state index contributed by atoms with van der Waals surface area (Å²) in [6.07, 6.45) is 0.847. The number of amides is 2. The third-order valence-corrected chi connectivity index (χ3v) is 3.71. The maximum Gasteiger partial charge on any atom is 0.273 e. The van der Waals surface area contributed by atoms with E-state index >= 15 is 0 Å². The summed E-state index contributed by atoms with van der Waals surface area (Å²) in [5.41, 5.74) is 7.70. The normalized spacial score (nSPS) is 15.0. The van der Waals surface area contributed by atoms with Crippen molar-refractivity contribution in [2.75, 3.05) is 25.4 Å². The number of aromatic nitrogens is 2. The van der Waals surface area contributed by atoms with Gasteiger partial charge in [0.05, 0.1) is 12.1 Å². The van der Waals surface area contributed by atoms with Gasteiger partial charge in [-0.25, -0.2) is 9.97 Å². The lowest BCUT2D eigenvalue weighted by Crippen LogP contribution is -2.50. The SMILES string of the molecule is CCc1ccc2nc(N)nc(C(=O)N3CCNC(=O)C3)c2c1. The maximum atomic E-state index is 12.7. The number of nitrogens with zero attached hydrogens (tertiary/aromatic N) is 3. The van der Waals surface area contributed by atoms with Crippen LogP contribution >= 0.6 is 0 Å². The summed E-state index contributed by atoms with van der Waals surface area (Å²) in [6, 6.07) is 5.70. The maximum absolute atomic E-state index is 12.7. The summed E-state index contributed by atoms with van der Waals surface area (Å²) < 4.78 is 0. The molecule has 0 saturated carbocycles. The molecule has 1 fully saturated rings. The van der Waals surface area contributed by atoms with Crippen LogP contribution in [0.15, 0.2) is 18.2 Å². The van der Waals surface area contributed by atoms with Crippen LogP contribution in [0, 0.1) is 0 Å². The van der Waals surface area contributed by atoms with E-state index in [9.17, 15) is 9.59 Å². The minimum absolute atomic E-state index is 0.0394. The Balaban J connectivity index is 2.08. The van der Waals surface area contributed by atoms with Crippen molar-refractivity contribution in [1.29, 1.82) is 0 Å². The van der Waals surface area contributed by atoms with Crippen LogP contribution in [0.4, 0.5) is 5.95 Å². The van der Waals surface area contributed by atoms with Gasteiger partial charge in [-0.1, -0.05) is 13.0 Å². The average Bonchev–Trinajstić information content (AvgIpc) is 2.53. The van der Waals surface area contributed by atoms with Gasteiger partial charge < -0.3 is 16.0 Å². The molecule has 3 N–H and O–H groups in total. The van der Waals surface area contributed by atoms with Gasteiger partial charge in [0.15, 0.2) is 0 Å². The van der Waals surface area contributed by atoms with Crippen molar-refractivity contribution >= 4 is 28.7 Å². The lowest BCUT2D eigenvalue weighted by atomic mass is 10.1. The van der Waals surface area contributed by atoms with E-state index in [1.165, 1.54) is 4.90 Å². The van der Waals surface area contributed by atoms with Crippen LogP contribution in [0.25, 0.3) is 10.9 Å². The van der Waals surface area contributed by atoms with Crippen LogP contribution in [0.2, 0.25) is 0 Å². The van der Waals surface area contributed by atoms with E-state index in [0.29, 0.717) is 24.0 Å². The molecule has 1 aliphatic rings. The number of nitrogen functional groups attached to an aromatic ring is 1. The van der Waals surface area contributed by atoms with Crippen LogP contribution in [0.5, 0.6) is 0 Å². The van der Waals surface area contributed by atoms with Gasteiger partial charge in [0.25, 0.3) is 5.91 Å². The fraction of sp³-hybridized carbons (Fsp3) is 0.333. The molecule has 2 aromatic rings. The second-order valence-corrected chi connectivity index (χ2v) is 5.21. The molecule has 1 aromatic heterocycles. The van der Waals surface area contributed by atoms with Crippen LogP contribution in [0.3, 0.4) is 0 Å². The zero-order chi connectivity index (χ0) is 15.7. The summed E-state index contributed by atoms with van der Waals surface area (Å²) in [7, 11) is 0. The first kappa shape index (κ1) is 14.2. The highest BCUT2D eigenvalue weighted by Gasteiger charge is 2.25. The molecule has 1 aromatic carbocycles. The second kappa shape index (κ2) is 5.59. The van der Waals surface area contributed by atoms with Crippen molar-refractivity contribution in [3.05, 3.63) is 29.5 Å². The van der Waals surface area contributed by atoms with Crippen molar-refractivity contribution in [3.8, 4) is 0 Å². The standard InChI is InChI=1S/C15H17N5O2/c1-2-9-3-4-11-10(7-9)13(19-15(16)18-11)14(22)20-6-5-17-12(21)8-20/h3-4,7H,2,5-6,8H2,1H3,(H,17,21)(H2,16,18,19). The zero-order valence-electron chi connectivity index (χ0n) is 12.3. The molecule has 0 aliphatic carbocycles. The van der Waals surface area contributed by atoms with E-state index in [4.69, 9.17) is 5.73 Å². The topological polar surface area (TPSA) is 101 Å². The molecule has 7 heteroatoms. The number of hydrogen-bond acceptors (Lipinski definition) is 5. The summed E-state index contributed by atoms with van der Waals surface area (Å²) >= 11 is 0. The number of rotatable bonds is 2. The number of nitrogens with two attached hydrogens (primary N) is 1. The minimum Gasteiger partial charge on any atom is -0.368 e. The highest BCUT2D eigenvalue weighted by atomic mass is 16.2. The number of aryl methyl sites for hydroxylation is 1. The molecule has 2 amide bonds. The van der Waals surface area contributed by atoms with Crippen LogP contribution in [-0.2, 0) is 11.2 Å². The first-order chi connectivity index (χ1) is 10.6. The summed E-state index contributed by atoms with van der Waals surface area (Å²) in [4.78, 5) is 34.0. The Morgan fingerprint density at radius 3 is 2.95 bits per heavy atom. The van der Waals surface area contributed by atoms with Crippen molar-refractivity contribution in [2.45, 2.75) is 13.3 Å². The lowest BCUT2D eigenvalue weighted by molar-refractivity contribution is -0.123. The molecule has 0 bridgehead atoms. The Kier molecular flexibility index (Phi) is 3.62. The summed E-state index contributed by atoms with van der Waals surface area (Å²) in [6.45, 7) is 2.99. The van der Waals surface area contributed by atoms with Gasteiger partial charge in [-0.05, 0) is 24.1 Å². The van der Waals surface area contributed by atoms with Gasteiger partial charge in [0, 0.05) is 18.5 Å². The van der Waals surface area contributed by atoms with E-state index in [1.54, 1.807) is 0 Å². The number of carbonyl (C=O) groups excluding carboxylic acids is 2. The Labute approximate surface area is 127 Å². The first-order valence-corrected chi connectivity index (χ1v) is 7.20. The molecule has 1 aliphatic heterocycles. The minimum atomic E-state index is -0.290. The molecule has 3 rings (SSSR count). The fourth-order valence-electron chi connectivity index (χ4n) is 2.54. The number of piperazine rings is 1. The Bertz CT molecular complexity index is 759. The Morgan fingerprint density at radius 2 is 2.23 bits per heavy atom. The zero-order valence-corrected chi connectivity index (χ0v) is 12.3. The number of carbonyl (C=O) groups is 2. The van der Waals surface area contributed by atoms with E-state index in [1.807, 2.05) is 25.1 Å². The predicted molar refractivity (Wildman–Crippen MR) is 82.2 cm³/mol. The third-order valence-electron chi connectivity index (χ3n) is 3.71. The molecule has 1 saturated heterocycles. The van der Waals surface area contributed by atoms with E-state index in [2.05, 4.69) is 15.3 Å². The molecule has 0 spiro atoms. The molecular weight excluding hydrogens is 282 g/mol. The van der Waals surface area contributed by atoms with E-state index in [0.717, 1.165) is 12.0 Å². The monoisotopic (exact) mass is 299 g/mol. The number of nitrogens with one attached hydrogen (secondary N) is 1.